The Morgan fingerprint density at radius 3 is 2.57 bits per heavy atom. The van der Waals surface area contributed by atoms with Crippen molar-refractivity contribution in [3.63, 3.8) is 0 Å². The van der Waals surface area contributed by atoms with Crippen molar-refractivity contribution in [3.05, 3.63) is 46.7 Å². The van der Waals surface area contributed by atoms with Gasteiger partial charge in [-0.15, -0.1) is 0 Å². The third-order valence-corrected chi connectivity index (χ3v) is 2.47. The van der Waals surface area contributed by atoms with Gasteiger partial charge < -0.3 is 0 Å². The maximum absolute atomic E-state index is 6.13. The molecule has 0 atom stereocenters. The van der Waals surface area contributed by atoms with Gasteiger partial charge in [0.15, 0.2) is 0 Å². The lowest BCUT2D eigenvalue weighted by molar-refractivity contribution is 0.847. The number of halogens is 1. The summed E-state index contributed by atoms with van der Waals surface area (Å²) in [5.74, 6) is 0. The summed E-state index contributed by atoms with van der Waals surface area (Å²) in [7, 11) is 0. The van der Waals surface area contributed by atoms with Crippen molar-refractivity contribution in [2.24, 2.45) is 0 Å². The molecule has 1 heterocycles. The minimum absolute atomic E-state index is 0.733. The predicted molar refractivity (Wildman–Crippen MR) is 58.0 cm³/mol. The van der Waals surface area contributed by atoms with Crippen molar-refractivity contribution in [1.82, 2.24) is 9.78 Å². The molecule has 2 rings (SSSR count). The van der Waals surface area contributed by atoms with Crippen molar-refractivity contribution in [1.29, 1.82) is 0 Å². The number of nitrogens with zero attached hydrogens (tertiary/aromatic N) is 2. The molecule has 1 aromatic heterocycles. The van der Waals surface area contributed by atoms with Crippen LogP contribution in [0.2, 0.25) is 5.02 Å². The summed E-state index contributed by atoms with van der Waals surface area (Å²) in [5.41, 5.74) is 3.17. The van der Waals surface area contributed by atoms with Crippen LogP contribution >= 0.6 is 11.6 Å². The number of benzene rings is 1. The van der Waals surface area contributed by atoms with Gasteiger partial charge in [-0.05, 0) is 37.6 Å². The maximum Gasteiger partial charge on any atom is 0.0835 e. The Balaban J connectivity index is 2.58. The van der Waals surface area contributed by atoms with Crippen LogP contribution in [0.5, 0.6) is 0 Å². The van der Waals surface area contributed by atoms with E-state index in [2.05, 4.69) is 5.10 Å². The molecule has 0 saturated carbocycles. The summed E-state index contributed by atoms with van der Waals surface area (Å²) >= 11 is 6.13. The lowest BCUT2D eigenvalue weighted by atomic mass is 10.2. The fourth-order valence-electron chi connectivity index (χ4n) is 1.41. The Hall–Kier alpha value is -1.28. The molecule has 0 bridgehead atoms. The Morgan fingerprint density at radius 2 is 2.00 bits per heavy atom. The van der Waals surface area contributed by atoms with E-state index in [4.69, 9.17) is 11.6 Å². The predicted octanol–water partition coefficient (Wildman–Crippen LogP) is 3.14. The summed E-state index contributed by atoms with van der Waals surface area (Å²) in [5, 5.41) is 4.94. The number of rotatable bonds is 1. The fraction of sp³-hybridized carbons (Fsp3) is 0.182. The Bertz CT molecular complexity index is 460. The van der Waals surface area contributed by atoms with Crippen LogP contribution in [-0.4, -0.2) is 9.78 Å². The topological polar surface area (TPSA) is 17.8 Å². The molecule has 0 aliphatic rings. The molecular weight excluding hydrogens is 196 g/mol. The first-order valence-corrected chi connectivity index (χ1v) is 4.83. The molecule has 0 radical (unpaired) electrons. The van der Waals surface area contributed by atoms with Crippen LogP contribution in [0.15, 0.2) is 30.5 Å². The Kier molecular flexibility index (Phi) is 2.30. The first kappa shape index (κ1) is 9.28. The lowest BCUT2D eigenvalue weighted by Crippen LogP contribution is -1.99. The summed E-state index contributed by atoms with van der Waals surface area (Å²) < 4.78 is 1.84. The van der Waals surface area contributed by atoms with Crippen LogP contribution in [0.1, 0.15) is 11.3 Å². The minimum atomic E-state index is 0.733. The Morgan fingerprint density at radius 1 is 1.21 bits per heavy atom. The first-order chi connectivity index (χ1) is 6.68. The first-order valence-electron chi connectivity index (χ1n) is 4.45. The van der Waals surface area contributed by atoms with Crippen molar-refractivity contribution in [2.75, 3.05) is 0 Å². The van der Waals surface area contributed by atoms with Gasteiger partial charge in [-0.2, -0.15) is 5.10 Å². The van der Waals surface area contributed by atoms with Gasteiger partial charge in [0.05, 0.1) is 10.7 Å². The molecule has 0 aliphatic heterocycles. The second-order valence-corrected chi connectivity index (χ2v) is 3.75. The fourth-order valence-corrected chi connectivity index (χ4v) is 1.72. The highest BCUT2D eigenvalue weighted by Gasteiger charge is 2.05. The molecule has 2 aromatic rings. The lowest BCUT2D eigenvalue weighted by Gasteiger charge is -2.07. The molecule has 3 heteroatoms. The smallest absolute Gasteiger partial charge is 0.0835 e. The van der Waals surface area contributed by atoms with Gasteiger partial charge in [-0.25, -0.2) is 4.68 Å². The SMILES string of the molecule is Cc1ccc(-n2nccc2C)c(Cl)c1. The van der Waals surface area contributed by atoms with E-state index < -0.39 is 0 Å². The van der Waals surface area contributed by atoms with Gasteiger partial charge >= 0.3 is 0 Å². The highest BCUT2D eigenvalue weighted by Crippen LogP contribution is 2.21. The molecule has 0 saturated heterocycles. The molecule has 0 aliphatic carbocycles. The monoisotopic (exact) mass is 206 g/mol. The van der Waals surface area contributed by atoms with Gasteiger partial charge in [-0.3, -0.25) is 0 Å². The van der Waals surface area contributed by atoms with E-state index >= 15 is 0 Å². The molecule has 0 spiro atoms. The summed E-state index contributed by atoms with van der Waals surface area (Å²) in [6.45, 7) is 4.02. The highest BCUT2D eigenvalue weighted by atomic mass is 35.5. The highest BCUT2D eigenvalue weighted by molar-refractivity contribution is 6.32. The Labute approximate surface area is 88.1 Å². The minimum Gasteiger partial charge on any atom is -0.237 e. The summed E-state index contributed by atoms with van der Waals surface area (Å²) in [4.78, 5) is 0. The normalized spacial score (nSPS) is 10.5. The van der Waals surface area contributed by atoms with Crippen LogP contribution in [0.4, 0.5) is 0 Å². The molecule has 0 amide bonds. The van der Waals surface area contributed by atoms with Crippen molar-refractivity contribution in [3.8, 4) is 5.69 Å². The van der Waals surface area contributed by atoms with Crippen LogP contribution in [-0.2, 0) is 0 Å². The summed E-state index contributed by atoms with van der Waals surface area (Å²) in [6, 6.07) is 7.91. The van der Waals surface area contributed by atoms with Crippen molar-refractivity contribution in [2.45, 2.75) is 13.8 Å². The number of aryl methyl sites for hydroxylation is 2. The third-order valence-electron chi connectivity index (χ3n) is 2.16. The molecule has 1 aromatic carbocycles. The summed E-state index contributed by atoms with van der Waals surface area (Å²) in [6.07, 6.45) is 1.77. The van der Waals surface area contributed by atoms with E-state index in [1.807, 2.05) is 42.8 Å². The number of hydrogen-bond donors (Lipinski definition) is 0. The van der Waals surface area contributed by atoms with Crippen molar-refractivity contribution < 1.29 is 0 Å². The second-order valence-electron chi connectivity index (χ2n) is 3.34. The van der Waals surface area contributed by atoms with Crippen LogP contribution in [0.25, 0.3) is 5.69 Å². The van der Waals surface area contributed by atoms with Gasteiger partial charge in [0.2, 0.25) is 0 Å². The van der Waals surface area contributed by atoms with Gasteiger partial charge in [0.25, 0.3) is 0 Å². The van der Waals surface area contributed by atoms with E-state index in [1.54, 1.807) is 6.20 Å². The van der Waals surface area contributed by atoms with E-state index in [0.29, 0.717) is 0 Å². The number of hydrogen-bond acceptors (Lipinski definition) is 1. The van der Waals surface area contributed by atoms with Crippen molar-refractivity contribution >= 4 is 11.6 Å². The maximum atomic E-state index is 6.13. The third kappa shape index (κ3) is 1.53. The second kappa shape index (κ2) is 3.46. The average molecular weight is 207 g/mol. The van der Waals surface area contributed by atoms with E-state index in [1.165, 1.54) is 0 Å². The van der Waals surface area contributed by atoms with Gasteiger partial charge in [-0.1, -0.05) is 17.7 Å². The zero-order chi connectivity index (χ0) is 10.1. The molecule has 0 fully saturated rings. The zero-order valence-electron chi connectivity index (χ0n) is 8.16. The zero-order valence-corrected chi connectivity index (χ0v) is 8.92. The van der Waals surface area contributed by atoms with E-state index in [9.17, 15) is 0 Å². The van der Waals surface area contributed by atoms with E-state index in [0.717, 1.165) is 22.0 Å². The average Bonchev–Trinajstić information content (AvgIpc) is 2.52. The van der Waals surface area contributed by atoms with Gasteiger partial charge in [0.1, 0.15) is 0 Å². The largest absolute Gasteiger partial charge is 0.237 e. The number of aromatic nitrogens is 2. The quantitative estimate of drug-likeness (QED) is 0.701. The van der Waals surface area contributed by atoms with Crippen LogP contribution in [0, 0.1) is 13.8 Å². The molecule has 0 unspecified atom stereocenters. The molecular formula is C11H11ClN2. The van der Waals surface area contributed by atoms with Crippen LogP contribution < -0.4 is 0 Å². The molecule has 14 heavy (non-hydrogen) atoms. The standard InChI is InChI=1S/C11H11ClN2/c1-8-3-4-11(10(12)7-8)14-9(2)5-6-13-14/h3-7H,1-2H3. The van der Waals surface area contributed by atoms with E-state index in [-0.39, 0.29) is 0 Å². The van der Waals surface area contributed by atoms with Gasteiger partial charge in [0, 0.05) is 11.9 Å². The molecule has 72 valence electrons. The molecule has 2 nitrogen and oxygen atoms in total. The van der Waals surface area contributed by atoms with Crippen LogP contribution in [0.3, 0.4) is 0 Å². The molecule has 0 N–H and O–H groups in total.